The third-order valence-electron chi connectivity index (χ3n) is 2.20. The van der Waals surface area contributed by atoms with E-state index in [1.807, 2.05) is 0 Å². The van der Waals surface area contributed by atoms with Crippen molar-refractivity contribution in [3.05, 3.63) is 24.3 Å². The maximum Gasteiger partial charge on any atom is 0.294 e. The molecule has 1 fully saturated rings. The fourth-order valence-electron chi connectivity index (χ4n) is 1.39. The van der Waals surface area contributed by atoms with Gasteiger partial charge in [0.15, 0.2) is 0 Å². The number of hydrogen-bond acceptors (Lipinski definition) is 5. The molecule has 1 saturated heterocycles. The summed E-state index contributed by atoms with van der Waals surface area (Å²) in [5.74, 6) is 0.278. The third kappa shape index (κ3) is 1.77. The van der Waals surface area contributed by atoms with E-state index >= 15 is 0 Å². The summed E-state index contributed by atoms with van der Waals surface area (Å²) in [4.78, 5) is 24.2. The van der Waals surface area contributed by atoms with Gasteiger partial charge in [0.1, 0.15) is 11.1 Å². The van der Waals surface area contributed by atoms with Crippen LogP contribution < -0.4 is 15.4 Å². The molecule has 1 aliphatic heterocycles. The van der Waals surface area contributed by atoms with Gasteiger partial charge >= 0.3 is 0 Å². The molecule has 1 heterocycles. The summed E-state index contributed by atoms with van der Waals surface area (Å²) in [6.45, 7) is 0. The van der Waals surface area contributed by atoms with Crippen molar-refractivity contribution in [3.8, 4) is 5.75 Å². The smallest absolute Gasteiger partial charge is 0.294 e. The van der Waals surface area contributed by atoms with Gasteiger partial charge in [0.25, 0.3) is 11.1 Å². The molecule has 5 nitrogen and oxygen atoms in total. The van der Waals surface area contributed by atoms with Gasteiger partial charge in [-0.3, -0.25) is 9.59 Å². The van der Waals surface area contributed by atoms with Crippen LogP contribution in [0, 0.1) is 0 Å². The number of rotatable bonds is 2. The average molecular weight is 238 g/mol. The number of amides is 2. The first-order valence-corrected chi connectivity index (χ1v) is 5.45. The molecule has 1 aromatic rings. The first-order chi connectivity index (χ1) is 7.63. The summed E-state index contributed by atoms with van der Waals surface area (Å²) in [6.07, 6.45) is 0. The van der Waals surface area contributed by atoms with Crippen LogP contribution in [-0.2, 0) is 4.79 Å². The number of carbonyl (C=O) groups excluding carboxylic acids is 2. The van der Waals surface area contributed by atoms with Gasteiger partial charge in [0.2, 0.25) is 0 Å². The average Bonchev–Trinajstić information content (AvgIpc) is 2.54. The molecule has 0 saturated carbocycles. The summed E-state index contributed by atoms with van der Waals surface area (Å²) < 4.78 is 4.99. The molecule has 84 valence electrons. The highest BCUT2D eigenvalue weighted by Crippen LogP contribution is 2.30. The maximum absolute atomic E-state index is 11.6. The van der Waals surface area contributed by atoms with Crippen LogP contribution in [0.15, 0.2) is 24.3 Å². The first-order valence-electron chi connectivity index (χ1n) is 4.57. The van der Waals surface area contributed by atoms with E-state index in [9.17, 15) is 9.59 Å². The number of methoxy groups -OCH3 is 1. The summed E-state index contributed by atoms with van der Waals surface area (Å²) in [5.41, 5.74) is 5.99. The maximum atomic E-state index is 11.6. The zero-order valence-electron chi connectivity index (χ0n) is 8.54. The highest BCUT2D eigenvalue weighted by molar-refractivity contribution is 8.15. The Balaban J connectivity index is 2.30. The Kier molecular flexibility index (Phi) is 2.84. The number of anilines is 1. The highest BCUT2D eigenvalue weighted by atomic mass is 32.2. The summed E-state index contributed by atoms with van der Waals surface area (Å²) >= 11 is 0.825. The minimum absolute atomic E-state index is 0.345. The van der Waals surface area contributed by atoms with Crippen molar-refractivity contribution in [2.24, 2.45) is 5.73 Å². The number of nitrogens with zero attached hydrogens (tertiary/aromatic N) is 1. The fraction of sp³-hybridized carbons (Fsp3) is 0.200. The van der Waals surface area contributed by atoms with Gasteiger partial charge < -0.3 is 10.5 Å². The molecule has 0 bridgehead atoms. The second-order valence-corrected chi connectivity index (χ2v) is 4.27. The lowest BCUT2D eigenvalue weighted by atomic mass is 10.3. The van der Waals surface area contributed by atoms with Crippen LogP contribution in [0.3, 0.4) is 0 Å². The number of imide groups is 1. The van der Waals surface area contributed by atoms with E-state index in [2.05, 4.69) is 0 Å². The largest absolute Gasteiger partial charge is 0.497 e. The van der Waals surface area contributed by atoms with Gasteiger partial charge in [0.05, 0.1) is 12.8 Å². The zero-order chi connectivity index (χ0) is 11.7. The normalized spacial score (nSPS) is 20.4. The number of thioether (sulfide) groups is 1. The second-order valence-electron chi connectivity index (χ2n) is 3.18. The fourth-order valence-corrected chi connectivity index (χ4v) is 2.12. The van der Waals surface area contributed by atoms with Crippen molar-refractivity contribution in [2.75, 3.05) is 12.0 Å². The second kappa shape index (κ2) is 4.15. The molecule has 0 aromatic heterocycles. The van der Waals surface area contributed by atoms with Crippen molar-refractivity contribution < 1.29 is 14.3 Å². The minimum Gasteiger partial charge on any atom is -0.497 e. The Morgan fingerprint density at radius 1 is 1.31 bits per heavy atom. The Morgan fingerprint density at radius 2 is 1.94 bits per heavy atom. The van der Waals surface area contributed by atoms with E-state index in [1.165, 1.54) is 0 Å². The lowest BCUT2D eigenvalue weighted by Crippen LogP contribution is -2.34. The number of hydrogen-bond donors (Lipinski definition) is 1. The van der Waals surface area contributed by atoms with Crippen LogP contribution in [-0.4, -0.2) is 23.6 Å². The predicted molar refractivity (Wildman–Crippen MR) is 61.4 cm³/mol. The molecule has 2 rings (SSSR count). The summed E-state index contributed by atoms with van der Waals surface area (Å²) in [5, 5.41) is -1.14. The van der Waals surface area contributed by atoms with E-state index in [0.717, 1.165) is 16.7 Å². The number of benzene rings is 1. The van der Waals surface area contributed by atoms with Crippen molar-refractivity contribution in [3.63, 3.8) is 0 Å². The lowest BCUT2D eigenvalue weighted by molar-refractivity contribution is -0.116. The minimum atomic E-state index is -0.797. The van der Waals surface area contributed by atoms with E-state index in [1.54, 1.807) is 31.4 Å². The number of carbonyl (C=O) groups is 2. The van der Waals surface area contributed by atoms with Gasteiger partial charge in [-0.25, -0.2) is 4.90 Å². The topological polar surface area (TPSA) is 72.6 Å². The molecule has 2 N–H and O–H groups in total. The highest BCUT2D eigenvalue weighted by Gasteiger charge is 2.38. The molecular weight excluding hydrogens is 228 g/mol. The van der Waals surface area contributed by atoms with E-state index in [-0.39, 0.29) is 11.1 Å². The Labute approximate surface area is 96.5 Å². The molecule has 0 spiro atoms. The zero-order valence-corrected chi connectivity index (χ0v) is 9.36. The van der Waals surface area contributed by atoms with Crippen molar-refractivity contribution >= 4 is 28.6 Å². The molecule has 1 aliphatic rings. The summed E-state index contributed by atoms with van der Waals surface area (Å²) in [6, 6.07) is 6.66. The van der Waals surface area contributed by atoms with E-state index in [0.29, 0.717) is 11.4 Å². The molecule has 16 heavy (non-hydrogen) atoms. The van der Waals surface area contributed by atoms with Gasteiger partial charge in [-0.1, -0.05) is 0 Å². The molecule has 1 aromatic carbocycles. The molecule has 0 radical (unpaired) electrons. The van der Waals surface area contributed by atoms with E-state index in [4.69, 9.17) is 10.5 Å². The van der Waals surface area contributed by atoms with Crippen LogP contribution in [0.2, 0.25) is 0 Å². The van der Waals surface area contributed by atoms with Crippen molar-refractivity contribution in [2.45, 2.75) is 5.37 Å². The third-order valence-corrected chi connectivity index (χ3v) is 3.04. The van der Waals surface area contributed by atoms with Crippen LogP contribution >= 0.6 is 11.8 Å². The van der Waals surface area contributed by atoms with Crippen molar-refractivity contribution in [1.29, 1.82) is 0 Å². The SMILES string of the molecule is COc1ccc(N2C(=O)SC(N)C2=O)cc1. The van der Waals surface area contributed by atoms with E-state index < -0.39 is 5.37 Å². The van der Waals surface area contributed by atoms with Gasteiger partial charge in [-0.05, 0) is 36.0 Å². The van der Waals surface area contributed by atoms with Crippen LogP contribution in [0.5, 0.6) is 5.75 Å². The molecule has 6 heteroatoms. The molecule has 0 aliphatic carbocycles. The van der Waals surface area contributed by atoms with Crippen molar-refractivity contribution in [1.82, 2.24) is 0 Å². The van der Waals surface area contributed by atoms with Gasteiger partial charge in [-0.2, -0.15) is 0 Å². The standard InChI is InChI=1S/C10H10N2O3S/c1-15-7-4-2-6(3-5-7)12-9(13)8(11)16-10(12)14/h2-5,8H,11H2,1H3. The molecular formula is C10H10N2O3S. The van der Waals surface area contributed by atoms with Crippen LogP contribution in [0.25, 0.3) is 0 Å². The Bertz CT molecular complexity index is 432. The monoisotopic (exact) mass is 238 g/mol. The quantitative estimate of drug-likeness (QED) is 0.837. The first kappa shape index (κ1) is 11.0. The lowest BCUT2D eigenvalue weighted by Gasteiger charge is -2.13. The number of ether oxygens (including phenoxy) is 1. The number of nitrogens with two attached hydrogens (primary N) is 1. The molecule has 2 amide bonds. The summed E-state index contributed by atoms with van der Waals surface area (Å²) in [7, 11) is 1.55. The Morgan fingerprint density at radius 3 is 2.38 bits per heavy atom. The van der Waals surface area contributed by atoms with Gasteiger partial charge in [0, 0.05) is 0 Å². The molecule has 1 atom stereocenters. The van der Waals surface area contributed by atoms with Crippen LogP contribution in [0.1, 0.15) is 0 Å². The van der Waals surface area contributed by atoms with Gasteiger partial charge in [-0.15, -0.1) is 0 Å². The van der Waals surface area contributed by atoms with Crippen LogP contribution in [0.4, 0.5) is 10.5 Å². The molecule has 1 unspecified atom stereocenters. The Hall–Kier alpha value is -1.53. The predicted octanol–water partition coefficient (Wildman–Crippen LogP) is 1.18.